The van der Waals surface area contributed by atoms with Gasteiger partial charge in [-0.2, -0.15) is 5.10 Å². The Kier molecular flexibility index (Phi) is 3.79. The average Bonchev–Trinajstić information content (AvgIpc) is 2.86. The monoisotopic (exact) mass is 274 g/mol. The molecule has 0 spiro atoms. The topological polar surface area (TPSA) is 101 Å². The maximum atomic E-state index is 12.2. The summed E-state index contributed by atoms with van der Waals surface area (Å²) in [6, 6.07) is 4.20. The first kappa shape index (κ1) is 13.7. The molecule has 0 atom stereocenters. The predicted molar refractivity (Wildman–Crippen MR) is 73.8 cm³/mol. The fourth-order valence-electron chi connectivity index (χ4n) is 1.84. The maximum Gasteiger partial charge on any atom is 0.270 e. The van der Waals surface area contributed by atoms with Gasteiger partial charge in [-0.05, 0) is 18.9 Å². The van der Waals surface area contributed by atoms with Crippen LogP contribution in [0.15, 0.2) is 24.4 Å². The number of anilines is 1. The highest BCUT2D eigenvalue weighted by atomic mass is 16.6. The van der Waals surface area contributed by atoms with Crippen LogP contribution in [0.1, 0.15) is 28.4 Å². The van der Waals surface area contributed by atoms with Gasteiger partial charge in [-0.25, -0.2) is 0 Å². The molecular weight excluding hydrogens is 260 g/mol. The van der Waals surface area contributed by atoms with Crippen molar-refractivity contribution < 1.29 is 9.72 Å². The second-order valence-electron chi connectivity index (χ2n) is 4.33. The highest BCUT2D eigenvalue weighted by Crippen LogP contribution is 2.19. The molecule has 2 aromatic rings. The van der Waals surface area contributed by atoms with Crippen LogP contribution in [-0.2, 0) is 6.42 Å². The summed E-state index contributed by atoms with van der Waals surface area (Å²) < 4.78 is 0. The van der Waals surface area contributed by atoms with E-state index in [4.69, 9.17) is 0 Å². The number of hydrogen-bond acceptors (Lipinski definition) is 4. The quantitative estimate of drug-likeness (QED) is 0.660. The molecule has 0 fully saturated rings. The lowest BCUT2D eigenvalue weighted by atomic mass is 10.1. The molecule has 0 aliphatic carbocycles. The van der Waals surface area contributed by atoms with Gasteiger partial charge in [0.1, 0.15) is 5.82 Å². The number of aryl methyl sites for hydroxylation is 2. The van der Waals surface area contributed by atoms with Crippen LogP contribution in [-0.4, -0.2) is 21.0 Å². The molecule has 0 saturated carbocycles. The van der Waals surface area contributed by atoms with E-state index in [1.807, 2.05) is 6.92 Å². The predicted octanol–water partition coefficient (Wildman–Crippen LogP) is 2.44. The zero-order valence-corrected chi connectivity index (χ0v) is 11.1. The number of hydrogen-bond donors (Lipinski definition) is 2. The molecule has 0 aliphatic heterocycles. The molecule has 7 nitrogen and oxygen atoms in total. The number of amides is 1. The number of aromatic amines is 1. The Morgan fingerprint density at radius 1 is 1.50 bits per heavy atom. The third-order valence-corrected chi connectivity index (χ3v) is 3.01. The van der Waals surface area contributed by atoms with Gasteiger partial charge in [-0.15, -0.1) is 0 Å². The Morgan fingerprint density at radius 3 is 2.90 bits per heavy atom. The summed E-state index contributed by atoms with van der Waals surface area (Å²) in [6.45, 7) is 3.67. The summed E-state index contributed by atoms with van der Waals surface area (Å²) in [5.74, 6) is 0.119. The number of nitro groups is 1. The molecule has 0 aliphatic rings. The molecule has 0 saturated heterocycles. The van der Waals surface area contributed by atoms with Crippen LogP contribution in [0.25, 0.3) is 0 Å². The lowest BCUT2D eigenvalue weighted by Gasteiger charge is -2.07. The number of aromatic nitrogens is 2. The van der Waals surface area contributed by atoms with Gasteiger partial charge in [0.2, 0.25) is 0 Å². The van der Waals surface area contributed by atoms with Crippen molar-refractivity contribution in [3.63, 3.8) is 0 Å². The average molecular weight is 274 g/mol. The molecule has 1 amide bonds. The summed E-state index contributed by atoms with van der Waals surface area (Å²) >= 11 is 0. The molecule has 2 N–H and O–H groups in total. The summed E-state index contributed by atoms with van der Waals surface area (Å²) in [7, 11) is 0. The van der Waals surface area contributed by atoms with E-state index in [1.54, 1.807) is 19.2 Å². The Bertz CT molecular complexity index is 663. The largest absolute Gasteiger partial charge is 0.307 e. The second kappa shape index (κ2) is 5.52. The van der Waals surface area contributed by atoms with Gasteiger partial charge in [-0.3, -0.25) is 20.0 Å². The highest BCUT2D eigenvalue weighted by molar-refractivity contribution is 6.05. The lowest BCUT2D eigenvalue weighted by Crippen LogP contribution is -2.15. The maximum absolute atomic E-state index is 12.2. The smallest absolute Gasteiger partial charge is 0.270 e. The minimum Gasteiger partial charge on any atom is -0.307 e. The Hall–Kier alpha value is -2.70. The number of nitrogens with zero attached hydrogens (tertiary/aromatic N) is 2. The van der Waals surface area contributed by atoms with Crippen LogP contribution >= 0.6 is 0 Å². The molecule has 1 aromatic carbocycles. The van der Waals surface area contributed by atoms with E-state index in [0.29, 0.717) is 11.4 Å². The van der Waals surface area contributed by atoms with Gasteiger partial charge in [0, 0.05) is 23.3 Å². The van der Waals surface area contributed by atoms with Gasteiger partial charge < -0.3 is 5.32 Å². The van der Waals surface area contributed by atoms with Crippen molar-refractivity contribution in [2.45, 2.75) is 20.3 Å². The molecule has 0 bridgehead atoms. The van der Waals surface area contributed by atoms with Gasteiger partial charge in [0.15, 0.2) is 0 Å². The molecule has 0 radical (unpaired) electrons. The Balaban J connectivity index is 2.29. The van der Waals surface area contributed by atoms with E-state index in [9.17, 15) is 14.9 Å². The number of non-ortho nitro benzene ring substituents is 1. The molecule has 1 aromatic heterocycles. The normalized spacial score (nSPS) is 10.3. The number of nitro benzene ring substituents is 1. The van der Waals surface area contributed by atoms with Crippen LogP contribution in [0.4, 0.5) is 11.5 Å². The van der Waals surface area contributed by atoms with E-state index >= 15 is 0 Å². The van der Waals surface area contributed by atoms with Crippen LogP contribution in [0.3, 0.4) is 0 Å². The molecule has 1 heterocycles. The SMILES string of the molecule is CCc1cn[nH]c1NC(=O)c1cc([N+](=O)[O-])ccc1C. The molecule has 104 valence electrons. The van der Waals surface area contributed by atoms with E-state index in [0.717, 1.165) is 12.0 Å². The van der Waals surface area contributed by atoms with Gasteiger partial charge >= 0.3 is 0 Å². The number of nitrogens with one attached hydrogen (secondary N) is 2. The number of benzene rings is 1. The van der Waals surface area contributed by atoms with Crippen LogP contribution in [0.2, 0.25) is 0 Å². The number of carbonyl (C=O) groups excluding carboxylic acids is 1. The second-order valence-corrected chi connectivity index (χ2v) is 4.33. The lowest BCUT2D eigenvalue weighted by molar-refractivity contribution is -0.384. The molecule has 20 heavy (non-hydrogen) atoms. The van der Waals surface area contributed by atoms with Crippen molar-refractivity contribution in [3.8, 4) is 0 Å². The molecule has 7 heteroatoms. The molecule has 2 rings (SSSR count). The van der Waals surface area contributed by atoms with E-state index in [1.165, 1.54) is 12.1 Å². The fraction of sp³-hybridized carbons (Fsp3) is 0.231. The summed E-state index contributed by atoms with van der Waals surface area (Å²) in [6.07, 6.45) is 2.36. The fourth-order valence-corrected chi connectivity index (χ4v) is 1.84. The number of rotatable bonds is 4. The summed E-state index contributed by atoms with van der Waals surface area (Å²) in [4.78, 5) is 22.4. The van der Waals surface area contributed by atoms with Crippen molar-refractivity contribution in [1.82, 2.24) is 10.2 Å². The van der Waals surface area contributed by atoms with Crippen LogP contribution in [0.5, 0.6) is 0 Å². The third-order valence-electron chi connectivity index (χ3n) is 3.01. The Morgan fingerprint density at radius 2 is 2.25 bits per heavy atom. The third kappa shape index (κ3) is 2.66. The van der Waals surface area contributed by atoms with Crippen molar-refractivity contribution in [3.05, 3.63) is 51.2 Å². The van der Waals surface area contributed by atoms with Crippen molar-refractivity contribution in [1.29, 1.82) is 0 Å². The number of H-pyrrole nitrogens is 1. The first-order valence-corrected chi connectivity index (χ1v) is 6.11. The van der Waals surface area contributed by atoms with Crippen LogP contribution in [0, 0.1) is 17.0 Å². The van der Waals surface area contributed by atoms with Crippen molar-refractivity contribution in [2.24, 2.45) is 0 Å². The molecular formula is C13H14N4O3. The first-order valence-electron chi connectivity index (χ1n) is 6.11. The summed E-state index contributed by atoms with van der Waals surface area (Å²) in [5.41, 5.74) is 1.71. The van der Waals surface area contributed by atoms with Gasteiger partial charge in [0.25, 0.3) is 11.6 Å². The minimum absolute atomic E-state index is 0.110. The van der Waals surface area contributed by atoms with Crippen molar-refractivity contribution in [2.75, 3.05) is 5.32 Å². The van der Waals surface area contributed by atoms with Gasteiger partial charge in [0.05, 0.1) is 11.1 Å². The Labute approximate surface area is 115 Å². The van der Waals surface area contributed by atoms with Crippen LogP contribution < -0.4 is 5.32 Å². The van der Waals surface area contributed by atoms with E-state index in [-0.39, 0.29) is 11.3 Å². The highest BCUT2D eigenvalue weighted by Gasteiger charge is 2.16. The zero-order chi connectivity index (χ0) is 14.7. The minimum atomic E-state index is -0.524. The van der Waals surface area contributed by atoms with Gasteiger partial charge in [-0.1, -0.05) is 13.0 Å². The van der Waals surface area contributed by atoms with E-state index in [2.05, 4.69) is 15.5 Å². The molecule has 0 unspecified atom stereocenters. The number of carbonyl (C=O) groups is 1. The van der Waals surface area contributed by atoms with E-state index < -0.39 is 10.8 Å². The zero-order valence-electron chi connectivity index (χ0n) is 11.1. The van der Waals surface area contributed by atoms with Crippen molar-refractivity contribution >= 4 is 17.4 Å². The summed E-state index contributed by atoms with van der Waals surface area (Å²) in [5, 5.41) is 20.0. The first-order chi connectivity index (χ1) is 9.52. The standard InChI is InChI=1S/C13H14N4O3/c1-3-9-7-14-16-12(9)15-13(18)11-6-10(17(19)20)5-4-8(11)2/h4-7H,3H2,1-2H3,(H2,14,15,16,18).